The number of aliphatic hydroxyl groups excluding tert-OH is 1. The van der Waals surface area contributed by atoms with E-state index < -0.39 is 0 Å². The molecule has 5 saturated carbocycles. The summed E-state index contributed by atoms with van der Waals surface area (Å²) in [6.45, 7) is 0. The smallest absolute Gasteiger partial charge is 0.0601 e. The standard InChI is InChI=1S/C10H16O/c11-10-8-3-1-6-5-7(8)2-4-9(6)10/h6-11H,1-5H2. The summed E-state index contributed by atoms with van der Waals surface area (Å²) in [6, 6.07) is 0. The van der Waals surface area contributed by atoms with Gasteiger partial charge in [-0.3, -0.25) is 0 Å². The van der Waals surface area contributed by atoms with E-state index in [1.165, 1.54) is 32.1 Å². The van der Waals surface area contributed by atoms with Crippen LogP contribution in [-0.4, -0.2) is 11.2 Å². The van der Waals surface area contributed by atoms with Crippen LogP contribution in [0.5, 0.6) is 0 Å². The molecule has 0 aliphatic heterocycles. The molecule has 62 valence electrons. The lowest BCUT2D eigenvalue weighted by atomic mass is 9.52. The van der Waals surface area contributed by atoms with Gasteiger partial charge in [-0.15, -0.1) is 0 Å². The van der Waals surface area contributed by atoms with Crippen LogP contribution < -0.4 is 0 Å². The van der Waals surface area contributed by atoms with E-state index >= 15 is 0 Å². The second kappa shape index (κ2) is 2.01. The Morgan fingerprint density at radius 1 is 0.818 bits per heavy atom. The lowest BCUT2D eigenvalue weighted by Crippen LogP contribution is -2.52. The molecular weight excluding hydrogens is 136 g/mol. The van der Waals surface area contributed by atoms with E-state index in [-0.39, 0.29) is 6.10 Å². The Kier molecular flexibility index (Phi) is 1.18. The molecule has 5 fully saturated rings. The molecule has 11 heavy (non-hydrogen) atoms. The summed E-state index contributed by atoms with van der Waals surface area (Å²) in [6.07, 6.45) is 7.04. The molecule has 1 heteroatoms. The maximum atomic E-state index is 9.89. The zero-order valence-corrected chi connectivity index (χ0v) is 6.87. The number of rotatable bonds is 0. The molecule has 1 nitrogen and oxygen atoms in total. The highest BCUT2D eigenvalue weighted by molar-refractivity contribution is 5.01. The van der Waals surface area contributed by atoms with Gasteiger partial charge in [-0.05, 0) is 55.8 Å². The summed E-state index contributed by atoms with van der Waals surface area (Å²) in [5, 5.41) is 9.89. The predicted molar refractivity (Wildman–Crippen MR) is 43.1 cm³/mol. The van der Waals surface area contributed by atoms with Gasteiger partial charge >= 0.3 is 0 Å². The molecule has 1 N–H and O–H groups in total. The molecule has 0 aromatic rings. The van der Waals surface area contributed by atoms with Crippen LogP contribution >= 0.6 is 0 Å². The molecule has 4 unspecified atom stereocenters. The van der Waals surface area contributed by atoms with E-state index in [2.05, 4.69) is 0 Å². The second-order valence-electron chi connectivity index (χ2n) is 4.73. The van der Waals surface area contributed by atoms with Crippen LogP contribution in [-0.2, 0) is 0 Å². The average Bonchev–Trinajstić information content (AvgIpc) is 2.04. The number of fused-ring (bicyclic) bond motifs is 2. The molecule has 0 aromatic carbocycles. The molecule has 5 aliphatic rings. The fraction of sp³-hybridized carbons (Fsp3) is 1.00. The summed E-state index contributed by atoms with van der Waals surface area (Å²) in [5.41, 5.74) is 0. The normalized spacial score (nSPS) is 60.3. The molecule has 0 amide bonds. The van der Waals surface area contributed by atoms with Crippen LogP contribution in [0.2, 0.25) is 0 Å². The topological polar surface area (TPSA) is 20.2 Å². The summed E-state index contributed by atoms with van der Waals surface area (Å²) in [5.74, 6) is 3.24. The molecule has 0 radical (unpaired) electrons. The van der Waals surface area contributed by atoms with E-state index in [4.69, 9.17) is 0 Å². The fourth-order valence-corrected chi connectivity index (χ4v) is 3.90. The lowest BCUT2D eigenvalue weighted by molar-refractivity contribution is -0.126. The van der Waals surface area contributed by atoms with Gasteiger partial charge in [-0.2, -0.15) is 0 Å². The van der Waals surface area contributed by atoms with Crippen LogP contribution in [0.15, 0.2) is 0 Å². The van der Waals surface area contributed by atoms with Crippen molar-refractivity contribution in [1.29, 1.82) is 0 Å². The Hall–Kier alpha value is -0.0400. The number of hydrogen-bond acceptors (Lipinski definition) is 1. The monoisotopic (exact) mass is 152 g/mol. The maximum absolute atomic E-state index is 9.89. The third-order valence-corrected chi connectivity index (χ3v) is 4.44. The molecule has 0 heterocycles. The minimum absolute atomic E-state index is 0.0984. The highest BCUT2D eigenvalue weighted by Gasteiger charge is 2.50. The molecule has 5 rings (SSSR count). The van der Waals surface area contributed by atoms with Gasteiger partial charge in [0.1, 0.15) is 0 Å². The third kappa shape index (κ3) is 0.703. The lowest BCUT2D eigenvalue weighted by Gasteiger charge is -2.55. The molecule has 4 bridgehead atoms. The van der Waals surface area contributed by atoms with Crippen LogP contribution in [0.3, 0.4) is 0 Å². The predicted octanol–water partition coefficient (Wildman–Crippen LogP) is 1.80. The minimum Gasteiger partial charge on any atom is -0.393 e. The van der Waals surface area contributed by atoms with Gasteiger partial charge in [0.15, 0.2) is 0 Å². The Morgan fingerprint density at radius 3 is 1.73 bits per heavy atom. The second-order valence-corrected chi connectivity index (χ2v) is 4.73. The highest BCUT2D eigenvalue weighted by atomic mass is 16.3. The summed E-state index contributed by atoms with van der Waals surface area (Å²) < 4.78 is 0. The molecule has 0 aromatic heterocycles. The van der Waals surface area contributed by atoms with Crippen molar-refractivity contribution in [3.63, 3.8) is 0 Å². The number of aliphatic hydroxyl groups is 1. The van der Waals surface area contributed by atoms with Gasteiger partial charge < -0.3 is 5.11 Å². The van der Waals surface area contributed by atoms with Gasteiger partial charge in [0.05, 0.1) is 6.10 Å². The largest absolute Gasteiger partial charge is 0.393 e. The van der Waals surface area contributed by atoms with Gasteiger partial charge in [0.2, 0.25) is 0 Å². The van der Waals surface area contributed by atoms with Crippen molar-refractivity contribution >= 4 is 0 Å². The van der Waals surface area contributed by atoms with Crippen molar-refractivity contribution in [3.8, 4) is 0 Å². The van der Waals surface area contributed by atoms with E-state index in [0.29, 0.717) is 11.8 Å². The maximum Gasteiger partial charge on any atom is 0.0601 e. The van der Waals surface area contributed by atoms with Gasteiger partial charge in [0.25, 0.3) is 0 Å². The fourth-order valence-electron chi connectivity index (χ4n) is 3.90. The zero-order valence-electron chi connectivity index (χ0n) is 6.87. The van der Waals surface area contributed by atoms with Gasteiger partial charge in [-0.25, -0.2) is 0 Å². The summed E-state index contributed by atoms with van der Waals surface area (Å²) in [4.78, 5) is 0. The number of hydrogen-bond donors (Lipinski definition) is 1. The SMILES string of the molecule is OC1C2CCC3CC2CCC31. The zero-order chi connectivity index (χ0) is 7.42. The van der Waals surface area contributed by atoms with Crippen molar-refractivity contribution in [2.45, 2.75) is 38.2 Å². The van der Waals surface area contributed by atoms with Crippen LogP contribution in [0, 0.1) is 23.7 Å². The van der Waals surface area contributed by atoms with E-state index in [9.17, 15) is 5.11 Å². The van der Waals surface area contributed by atoms with Crippen molar-refractivity contribution in [2.24, 2.45) is 23.7 Å². The first-order valence-corrected chi connectivity index (χ1v) is 5.04. The minimum atomic E-state index is 0.0984. The molecule has 4 atom stereocenters. The van der Waals surface area contributed by atoms with E-state index in [1.807, 2.05) is 0 Å². The van der Waals surface area contributed by atoms with Crippen molar-refractivity contribution in [3.05, 3.63) is 0 Å². The third-order valence-electron chi connectivity index (χ3n) is 4.44. The van der Waals surface area contributed by atoms with Gasteiger partial charge in [0, 0.05) is 0 Å². The van der Waals surface area contributed by atoms with Crippen molar-refractivity contribution < 1.29 is 5.11 Å². The van der Waals surface area contributed by atoms with Crippen LogP contribution in [0.1, 0.15) is 32.1 Å². The van der Waals surface area contributed by atoms with Crippen LogP contribution in [0.25, 0.3) is 0 Å². The summed E-state index contributed by atoms with van der Waals surface area (Å²) in [7, 11) is 0. The first-order chi connectivity index (χ1) is 5.36. The quantitative estimate of drug-likeness (QED) is 0.561. The Balaban J connectivity index is 1.97. The molecule has 0 saturated heterocycles. The summed E-state index contributed by atoms with van der Waals surface area (Å²) >= 11 is 0. The first kappa shape index (κ1) is 6.47. The molecule has 5 aliphatic carbocycles. The first-order valence-electron chi connectivity index (χ1n) is 5.04. The van der Waals surface area contributed by atoms with Crippen molar-refractivity contribution in [1.82, 2.24) is 0 Å². The highest BCUT2D eigenvalue weighted by Crippen LogP contribution is 2.55. The Labute approximate surface area is 67.8 Å². The van der Waals surface area contributed by atoms with Crippen LogP contribution in [0.4, 0.5) is 0 Å². The van der Waals surface area contributed by atoms with Crippen molar-refractivity contribution in [2.75, 3.05) is 0 Å². The van der Waals surface area contributed by atoms with E-state index in [1.54, 1.807) is 0 Å². The Morgan fingerprint density at radius 2 is 1.36 bits per heavy atom. The Bertz CT molecular complexity index is 156. The van der Waals surface area contributed by atoms with Gasteiger partial charge in [-0.1, -0.05) is 0 Å². The average molecular weight is 152 g/mol. The molecule has 0 spiro atoms. The van der Waals surface area contributed by atoms with E-state index in [0.717, 1.165) is 11.8 Å². The molecular formula is C10H16O.